The van der Waals surface area contributed by atoms with E-state index in [4.69, 9.17) is 14.2 Å². The Morgan fingerprint density at radius 1 is 0.936 bits per heavy atom. The number of hydrogen-bond acceptors (Lipinski definition) is 7. The lowest BCUT2D eigenvalue weighted by atomic mass is 9.88. The minimum atomic E-state index is -0.569. The second kappa shape index (κ2) is 14.9. The minimum absolute atomic E-state index is 0.0123. The molecule has 2 amide bonds. The van der Waals surface area contributed by atoms with E-state index in [9.17, 15) is 14.4 Å². The number of amides is 2. The summed E-state index contributed by atoms with van der Waals surface area (Å²) in [5, 5.41) is 6.43. The molecular formula is C38H47N3O6. The number of nitrogens with zero attached hydrogens (tertiary/aromatic N) is 1. The molecular weight excluding hydrogens is 594 g/mol. The smallest absolute Gasteiger partial charge is 0.245 e. The van der Waals surface area contributed by atoms with Crippen molar-refractivity contribution in [2.75, 3.05) is 39.7 Å². The Balaban J connectivity index is 1.53. The lowest BCUT2D eigenvalue weighted by Crippen LogP contribution is -2.49. The zero-order valence-electron chi connectivity index (χ0n) is 28.4. The van der Waals surface area contributed by atoms with E-state index in [1.807, 2.05) is 30.0 Å². The predicted octanol–water partition coefficient (Wildman–Crippen LogP) is 6.10. The van der Waals surface area contributed by atoms with Crippen LogP contribution in [0.2, 0.25) is 0 Å². The fraction of sp³-hybridized carbons (Fsp3) is 0.447. The number of likely N-dealkylation sites (tertiary alicyclic amines) is 1. The summed E-state index contributed by atoms with van der Waals surface area (Å²) in [6.45, 7) is 6.93. The number of rotatable bonds is 10. The molecule has 3 aromatic rings. The zero-order chi connectivity index (χ0) is 33.7. The highest BCUT2D eigenvalue weighted by molar-refractivity contribution is 5.86. The van der Waals surface area contributed by atoms with Gasteiger partial charge in [-0.05, 0) is 78.0 Å². The molecule has 0 saturated carbocycles. The van der Waals surface area contributed by atoms with Gasteiger partial charge in [-0.25, -0.2) is 0 Å². The molecule has 250 valence electrons. The summed E-state index contributed by atoms with van der Waals surface area (Å²) < 4.78 is 17.2. The van der Waals surface area contributed by atoms with Gasteiger partial charge in [-0.3, -0.25) is 14.4 Å². The Hall–Kier alpha value is -4.53. The lowest BCUT2D eigenvalue weighted by Gasteiger charge is -2.36. The highest BCUT2D eigenvalue weighted by Gasteiger charge is 2.33. The van der Waals surface area contributed by atoms with Crippen LogP contribution in [0.15, 0.2) is 59.4 Å². The largest absolute Gasteiger partial charge is 0.493 e. The average molecular weight is 642 g/mol. The van der Waals surface area contributed by atoms with Gasteiger partial charge in [-0.2, -0.15) is 0 Å². The molecule has 2 aliphatic rings. The molecule has 1 aliphatic carbocycles. The predicted molar refractivity (Wildman–Crippen MR) is 185 cm³/mol. The van der Waals surface area contributed by atoms with Gasteiger partial charge in [0.05, 0.1) is 33.1 Å². The SMILES string of the molecule is CC[C@H](C)[C@@H](Nc1ccc2c(cc1=O)[C@@H](NC(C)=O)CCc1cc(OC)c(OC)c(OC)c1-2)C(=O)N1CCC(c2ccccc2)CC1. The van der Waals surface area contributed by atoms with Crippen molar-refractivity contribution in [3.05, 3.63) is 81.5 Å². The summed E-state index contributed by atoms with van der Waals surface area (Å²) in [6, 6.07) is 16.7. The highest BCUT2D eigenvalue weighted by Crippen LogP contribution is 2.50. The Morgan fingerprint density at radius 3 is 2.26 bits per heavy atom. The van der Waals surface area contributed by atoms with Crippen molar-refractivity contribution in [2.45, 2.75) is 70.9 Å². The molecule has 1 aliphatic heterocycles. The Kier molecular flexibility index (Phi) is 10.7. The van der Waals surface area contributed by atoms with Crippen molar-refractivity contribution in [1.29, 1.82) is 0 Å². The molecule has 1 heterocycles. The molecule has 2 N–H and O–H groups in total. The minimum Gasteiger partial charge on any atom is -0.493 e. The number of carbonyl (C=O) groups excluding carboxylic acids is 2. The van der Waals surface area contributed by atoms with Crippen molar-refractivity contribution < 1.29 is 23.8 Å². The molecule has 0 aromatic heterocycles. The average Bonchev–Trinajstić information content (AvgIpc) is 3.33. The third-order valence-electron chi connectivity index (χ3n) is 9.78. The molecule has 1 fully saturated rings. The van der Waals surface area contributed by atoms with E-state index >= 15 is 0 Å². The highest BCUT2D eigenvalue weighted by atomic mass is 16.5. The molecule has 5 rings (SSSR count). The maximum absolute atomic E-state index is 14.1. The maximum atomic E-state index is 14.1. The quantitative estimate of drug-likeness (QED) is 0.276. The number of carbonyl (C=O) groups is 2. The van der Waals surface area contributed by atoms with Crippen LogP contribution < -0.4 is 30.3 Å². The summed E-state index contributed by atoms with van der Waals surface area (Å²) in [7, 11) is 4.72. The second-order valence-corrected chi connectivity index (χ2v) is 12.6. The first-order valence-corrected chi connectivity index (χ1v) is 16.6. The first-order chi connectivity index (χ1) is 22.7. The van der Waals surface area contributed by atoms with Crippen molar-refractivity contribution >= 4 is 17.5 Å². The molecule has 0 unspecified atom stereocenters. The molecule has 3 aromatic carbocycles. The van der Waals surface area contributed by atoms with Crippen molar-refractivity contribution in [2.24, 2.45) is 5.92 Å². The van der Waals surface area contributed by atoms with E-state index in [-0.39, 0.29) is 23.2 Å². The van der Waals surface area contributed by atoms with Crippen molar-refractivity contribution in [3.8, 4) is 28.4 Å². The Bertz CT molecular complexity index is 1650. The monoisotopic (exact) mass is 641 g/mol. The number of hydrogen-bond donors (Lipinski definition) is 2. The van der Waals surface area contributed by atoms with Crippen LogP contribution >= 0.6 is 0 Å². The van der Waals surface area contributed by atoms with E-state index in [1.165, 1.54) is 12.5 Å². The summed E-state index contributed by atoms with van der Waals surface area (Å²) in [5.41, 5.74) is 4.55. The lowest BCUT2D eigenvalue weighted by molar-refractivity contribution is -0.134. The van der Waals surface area contributed by atoms with Gasteiger partial charge in [0.1, 0.15) is 6.04 Å². The summed E-state index contributed by atoms with van der Waals surface area (Å²) >= 11 is 0. The van der Waals surface area contributed by atoms with Crippen LogP contribution in [0, 0.1) is 5.92 Å². The van der Waals surface area contributed by atoms with E-state index < -0.39 is 12.1 Å². The number of aryl methyl sites for hydroxylation is 1. The zero-order valence-corrected chi connectivity index (χ0v) is 28.4. The van der Waals surface area contributed by atoms with Gasteiger partial charge in [0.2, 0.25) is 23.0 Å². The normalized spacial score (nSPS) is 17.3. The van der Waals surface area contributed by atoms with Gasteiger partial charge in [0, 0.05) is 25.6 Å². The van der Waals surface area contributed by atoms with Crippen LogP contribution in [0.3, 0.4) is 0 Å². The second-order valence-electron chi connectivity index (χ2n) is 12.6. The molecule has 9 heteroatoms. The van der Waals surface area contributed by atoms with Gasteiger partial charge in [-0.1, -0.05) is 56.7 Å². The summed E-state index contributed by atoms with van der Waals surface area (Å²) in [5.74, 6) is 1.72. The third kappa shape index (κ3) is 7.09. The number of anilines is 1. The van der Waals surface area contributed by atoms with Crippen LogP contribution in [0.1, 0.15) is 75.1 Å². The van der Waals surface area contributed by atoms with Crippen LogP contribution in [0.4, 0.5) is 5.69 Å². The van der Waals surface area contributed by atoms with E-state index in [0.29, 0.717) is 60.3 Å². The topological polar surface area (TPSA) is 106 Å². The fourth-order valence-corrected chi connectivity index (χ4v) is 7.03. The summed E-state index contributed by atoms with van der Waals surface area (Å²) in [4.78, 5) is 42.3. The van der Waals surface area contributed by atoms with Gasteiger partial charge in [-0.15, -0.1) is 0 Å². The number of ether oxygens (including phenoxy) is 3. The van der Waals surface area contributed by atoms with Crippen LogP contribution in [-0.2, 0) is 16.0 Å². The Labute approximate surface area is 277 Å². The number of methoxy groups -OCH3 is 3. The van der Waals surface area contributed by atoms with Gasteiger partial charge in [0.15, 0.2) is 11.5 Å². The van der Waals surface area contributed by atoms with Crippen LogP contribution in [0.25, 0.3) is 11.1 Å². The maximum Gasteiger partial charge on any atom is 0.245 e. The molecule has 0 bridgehead atoms. The molecule has 9 nitrogen and oxygen atoms in total. The van der Waals surface area contributed by atoms with E-state index in [0.717, 1.165) is 36.0 Å². The number of fused-ring (bicyclic) bond motifs is 3. The van der Waals surface area contributed by atoms with E-state index in [2.05, 4.69) is 41.8 Å². The molecule has 3 atom stereocenters. The number of piperidine rings is 1. The van der Waals surface area contributed by atoms with Crippen molar-refractivity contribution in [1.82, 2.24) is 10.2 Å². The number of nitrogens with one attached hydrogen (secondary N) is 2. The third-order valence-corrected chi connectivity index (χ3v) is 9.78. The first-order valence-electron chi connectivity index (χ1n) is 16.6. The van der Waals surface area contributed by atoms with Gasteiger partial charge < -0.3 is 29.7 Å². The molecule has 1 saturated heterocycles. The van der Waals surface area contributed by atoms with Crippen LogP contribution in [-0.4, -0.2) is 57.2 Å². The van der Waals surface area contributed by atoms with Gasteiger partial charge in [0.25, 0.3) is 0 Å². The van der Waals surface area contributed by atoms with E-state index in [1.54, 1.807) is 33.5 Å². The first kappa shape index (κ1) is 33.8. The van der Waals surface area contributed by atoms with Gasteiger partial charge >= 0.3 is 0 Å². The fourth-order valence-electron chi connectivity index (χ4n) is 7.03. The standard InChI is InChI=1S/C38H47N3O6/c1-7-23(2)35(38(44)41-19-17-26(18-20-41)25-11-9-8-10-12-25)40-31-16-14-28-29(22-32(31)43)30(39-24(3)42)15-13-27-21-33(45-4)36(46-5)37(47-6)34(27)28/h8-12,14,16,21-23,26,30,35H,7,13,15,17-20H2,1-6H3,(H,39,42)(H,40,43)/t23-,30-,35+/m0/s1. The molecule has 0 radical (unpaired) electrons. The number of benzene rings is 2. The molecule has 0 spiro atoms. The van der Waals surface area contributed by atoms with Crippen LogP contribution in [0.5, 0.6) is 17.2 Å². The molecule has 47 heavy (non-hydrogen) atoms. The summed E-state index contributed by atoms with van der Waals surface area (Å²) in [6.07, 6.45) is 3.76. The van der Waals surface area contributed by atoms with Crippen molar-refractivity contribution in [3.63, 3.8) is 0 Å². The Morgan fingerprint density at radius 2 is 1.64 bits per heavy atom.